The number of nitrogens with one attached hydrogen (secondary N) is 1. The van der Waals surface area contributed by atoms with E-state index in [0.717, 1.165) is 32.5 Å². The number of rotatable bonds is 3. The van der Waals surface area contributed by atoms with Crippen molar-refractivity contribution in [2.45, 2.75) is 30.7 Å². The smallest absolute Gasteiger partial charge is 0.321 e. The monoisotopic (exact) mass is 231 g/mol. The number of carboxylic acid groups (broad SMARTS) is 1. The normalized spacial score (nSPS) is 33.1. The first-order valence-electron chi connectivity index (χ1n) is 5.44. The van der Waals surface area contributed by atoms with E-state index in [9.17, 15) is 4.79 Å². The second-order valence-electron chi connectivity index (χ2n) is 4.17. The number of aliphatic carboxylic acids is 1. The van der Waals surface area contributed by atoms with Crippen LogP contribution in [0.3, 0.4) is 0 Å². The van der Waals surface area contributed by atoms with Gasteiger partial charge in [-0.1, -0.05) is 0 Å². The maximum absolute atomic E-state index is 10.7. The number of hydrogen-bond acceptors (Lipinski definition) is 4. The Morgan fingerprint density at radius 2 is 2.20 bits per heavy atom. The fourth-order valence-electron chi connectivity index (χ4n) is 2.10. The molecule has 2 aliphatic rings. The quantitative estimate of drug-likeness (QED) is 0.756. The first kappa shape index (κ1) is 11.2. The molecular formula is C10H17NO3S. The lowest BCUT2D eigenvalue weighted by atomic mass is 9.96. The second-order valence-corrected chi connectivity index (χ2v) is 5.41. The molecule has 0 radical (unpaired) electrons. The van der Waals surface area contributed by atoms with E-state index >= 15 is 0 Å². The third kappa shape index (κ3) is 3.09. The molecule has 15 heavy (non-hydrogen) atoms. The summed E-state index contributed by atoms with van der Waals surface area (Å²) in [4.78, 5) is 10.7. The van der Waals surface area contributed by atoms with Crippen molar-refractivity contribution in [3.8, 4) is 0 Å². The highest BCUT2D eigenvalue weighted by Crippen LogP contribution is 2.28. The standard InChI is InChI=1S/C10H17NO3S/c12-10(13)8-6-15-9(11-8)5-7-1-3-14-4-2-7/h7-9,11H,1-6H2,(H,12,13). The number of hydrogen-bond donors (Lipinski definition) is 2. The molecule has 2 rings (SSSR count). The van der Waals surface area contributed by atoms with Gasteiger partial charge in [0.25, 0.3) is 0 Å². The van der Waals surface area contributed by atoms with Gasteiger partial charge in [-0.05, 0) is 25.2 Å². The summed E-state index contributed by atoms with van der Waals surface area (Å²) in [6, 6.07) is -0.347. The lowest BCUT2D eigenvalue weighted by molar-refractivity contribution is -0.138. The van der Waals surface area contributed by atoms with E-state index in [1.165, 1.54) is 0 Å². The SMILES string of the molecule is O=C(O)C1CSC(CC2CCOCC2)N1. The molecule has 0 aromatic heterocycles. The Morgan fingerprint density at radius 1 is 1.47 bits per heavy atom. The first-order chi connectivity index (χ1) is 7.25. The Labute approximate surface area is 93.8 Å². The predicted octanol–water partition coefficient (Wildman–Crippen LogP) is 0.919. The molecule has 0 aromatic carbocycles. The summed E-state index contributed by atoms with van der Waals surface area (Å²) < 4.78 is 5.30. The summed E-state index contributed by atoms with van der Waals surface area (Å²) >= 11 is 1.74. The highest BCUT2D eigenvalue weighted by molar-refractivity contribution is 8.00. The van der Waals surface area contributed by atoms with Crippen LogP contribution in [0.2, 0.25) is 0 Å². The third-order valence-electron chi connectivity index (χ3n) is 3.04. The average Bonchev–Trinajstić information content (AvgIpc) is 2.68. The van der Waals surface area contributed by atoms with Gasteiger partial charge in [0.05, 0.1) is 5.37 Å². The maximum atomic E-state index is 10.7. The Morgan fingerprint density at radius 3 is 2.80 bits per heavy atom. The van der Waals surface area contributed by atoms with Crippen LogP contribution in [0, 0.1) is 5.92 Å². The predicted molar refractivity (Wildman–Crippen MR) is 59.0 cm³/mol. The van der Waals surface area contributed by atoms with Crippen LogP contribution < -0.4 is 5.32 Å². The van der Waals surface area contributed by atoms with Gasteiger partial charge in [0, 0.05) is 19.0 Å². The van der Waals surface area contributed by atoms with Gasteiger partial charge in [-0.3, -0.25) is 10.1 Å². The molecule has 5 heteroatoms. The van der Waals surface area contributed by atoms with Crippen LogP contribution in [0.15, 0.2) is 0 Å². The molecule has 2 fully saturated rings. The highest BCUT2D eigenvalue weighted by atomic mass is 32.2. The minimum Gasteiger partial charge on any atom is -0.480 e. The van der Waals surface area contributed by atoms with E-state index in [4.69, 9.17) is 9.84 Å². The minimum absolute atomic E-state index is 0.328. The van der Waals surface area contributed by atoms with Crippen molar-refractivity contribution in [3.63, 3.8) is 0 Å². The highest BCUT2D eigenvalue weighted by Gasteiger charge is 2.31. The summed E-state index contributed by atoms with van der Waals surface area (Å²) in [6.45, 7) is 1.73. The molecule has 86 valence electrons. The summed E-state index contributed by atoms with van der Waals surface area (Å²) in [5, 5.41) is 12.3. The number of thioether (sulfide) groups is 1. The summed E-state index contributed by atoms with van der Waals surface area (Å²) in [7, 11) is 0. The third-order valence-corrected chi connectivity index (χ3v) is 4.29. The molecule has 2 aliphatic heterocycles. The van der Waals surface area contributed by atoms with E-state index in [-0.39, 0.29) is 6.04 Å². The van der Waals surface area contributed by atoms with Crippen molar-refractivity contribution in [2.75, 3.05) is 19.0 Å². The zero-order valence-corrected chi connectivity index (χ0v) is 9.46. The van der Waals surface area contributed by atoms with Crippen LogP contribution >= 0.6 is 11.8 Å². The molecule has 2 atom stereocenters. The van der Waals surface area contributed by atoms with Crippen molar-refractivity contribution < 1.29 is 14.6 Å². The lowest BCUT2D eigenvalue weighted by Crippen LogP contribution is -2.37. The summed E-state index contributed by atoms with van der Waals surface area (Å²) in [5.41, 5.74) is 0. The number of carboxylic acids is 1. The van der Waals surface area contributed by atoms with Crippen LogP contribution in [0.4, 0.5) is 0 Å². The van der Waals surface area contributed by atoms with Crippen LogP contribution in [-0.4, -0.2) is 41.5 Å². The van der Waals surface area contributed by atoms with Gasteiger partial charge in [0.2, 0.25) is 0 Å². The lowest BCUT2D eigenvalue weighted by Gasteiger charge is -2.24. The molecular weight excluding hydrogens is 214 g/mol. The molecule has 0 aliphatic carbocycles. The van der Waals surface area contributed by atoms with Crippen LogP contribution in [0.5, 0.6) is 0 Å². The Hall–Kier alpha value is -0.260. The van der Waals surface area contributed by atoms with Crippen molar-refractivity contribution in [1.29, 1.82) is 0 Å². The first-order valence-corrected chi connectivity index (χ1v) is 6.49. The Kier molecular flexibility index (Phi) is 3.88. The van der Waals surface area contributed by atoms with Crippen molar-refractivity contribution >= 4 is 17.7 Å². The summed E-state index contributed by atoms with van der Waals surface area (Å²) in [5.74, 6) is 0.678. The van der Waals surface area contributed by atoms with E-state index in [1.54, 1.807) is 11.8 Å². The van der Waals surface area contributed by atoms with Gasteiger partial charge in [-0.25, -0.2) is 0 Å². The van der Waals surface area contributed by atoms with Crippen molar-refractivity contribution in [3.05, 3.63) is 0 Å². The molecule has 0 saturated carbocycles. The molecule has 0 spiro atoms. The fourth-order valence-corrected chi connectivity index (χ4v) is 3.43. The average molecular weight is 231 g/mol. The summed E-state index contributed by atoms with van der Waals surface area (Å²) in [6.07, 6.45) is 3.32. The van der Waals surface area contributed by atoms with E-state index in [1.807, 2.05) is 0 Å². The second kappa shape index (κ2) is 5.18. The minimum atomic E-state index is -0.725. The van der Waals surface area contributed by atoms with Crippen LogP contribution in [0.25, 0.3) is 0 Å². The molecule has 0 aromatic rings. The molecule has 2 N–H and O–H groups in total. The van der Waals surface area contributed by atoms with E-state index in [0.29, 0.717) is 17.0 Å². The molecule has 4 nitrogen and oxygen atoms in total. The largest absolute Gasteiger partial charge is 0.480 e. The van der Waals surface area contributed by atoms with E-state index < -0.39 is 5.97 Å². The number of ether oxygens (including phenoxy) is 1. The molecule has 0 amide bonds. The molecule has 2 saturated heterocycles. The zero-order chi connectivity index (χ0) is 10.7. The fraction of sp³-hybridized carbons (Fsp3) is 0.900. The van der Waals surface area contributed by atoms with Crippen molar-refractivity contribution in [1.82, 2.24) is 5.32 Å². The van der Waals surface area contributed by atoms with Crippen LogP contribution in [-0.2, 0) is 9.53 Å². The molecule has 2 unspecified atom stereocenters. The van der Waals surface area contributed by atoms with Gasteiger partial charge < -0.3 is 9.84 Å². The van der Waals surface area contributed by atoms with Gasteiger partial charge in [-0.2, -0.15) is 0 Å². The van der Waals surface area contributed by atoms with E-state index in [2.05, 4.69) is 5.32 Å². The van der Waals surface area contributed by atoms with Gasteiger partial charge in [-0.15, -0.1) is 11.8 Å². The van der Waals surface area contributed by atoms with Gasteiger partial charge in [0.15, 0.2) is 0 Å². The van der Waals surface area contributed by atoms with Gasteiger partial charge in [0.1, 0.15) is 6.04 Å². The molecule has 0 bridgehead atoms. The zero-order valence-electron chi connectivity index (χ0n) is 8.65. The van der Waals surface area contributed by atoms with Gasteiger partial charge >= 0.3 is 5.97 Å². The van der Waals surface area contributed by atoms with Crippen LogP contribution in [0.1, 0.15) is 19.3 Å². The topological polar surface area (TPSA) is 58.6 Å². The van der Waals surface area contributed by atoms with Crippen molar-refractivity contribution in [2.24, 2.45) is 5.92 Å². The molecule has 2 heterocycles. The Balaban J connectivity index is 1.74. The maximum Gasteiger partial charge on any atom is 0.321 e. The Bertz CT molecular complexity index is 231. The number of carbonyl (C=O) groups is 1.